The van der Waals surface area contributed by atoms with E-state index in [2.05, 4.69) is 0 Å². The van der Waals surface area contributed by atoms with E-state index in [-0.39, 0.29) is 37.0 Å². The summed E-state index contributed by atoms with van der Waals surface area (Å²) in [7, 11) is -4.06. The minimum Gasteiger partial charge on any atom is -0.481 e. The minimum absolute atomic E-state index is 0.00454. The number of carbonyl (C=O) groups excluding carboxylic acids is 1. The standard InChI is InChI=1S/C15H17N3O7S/c19-14(10-9-11(10)15(20)21)16-5-7-17(8-6-16)26(24,25)13-4-2-1-3-12(13)18(22)23/h1-4,10-11H,5-9H2,(H,20,21). The Morgan fingerprint density at radius 1 is 1.12 bits per heavy atom. The fourth-order valence-electron chi connectivity index (χ4n) is 3.09. The van der Waals surface area contributed by atoms with Crippen molar-refractivity contribution in [2.45, 2.75) is 11.3 Å². The molecule has 10 nitrogen and oxygen atoms in total. The van der Waals surface area contributed by atoms with E-state index in [0.29, 0.717) is 6.42 Å². The number of benzene rings is 1. The second-order valence-electron chi connectivity index (χ2n) is 6.24. The van der Waals surface area contributed by atoms with E-state index in [0.717, 1.165) is 10.4 Å². The number of hydrogen-bond acceptors (Lipinski definition) is 6. The summed E-state index contributed by atoms with van der Waals surface area (Å²) < 4.78 is 26.5. The Morgan fingerprint density at radius 2 is 1.73 bits per heavy atom. The second-order valence-corrected chi connectivity index (χ2v) is 8.15. The smallest absolute Gasteiger partial charge is 0.307 e. The molecule has 1 aromatic rings. The molecular weight excluding hydrogens is 366 g/mol. The molecule has 2 unspecified atom stereocenters. The van der Waals surface area contributed by atoms with Crippen LogP contribution in [0.25, 0.3) is 0 Å². The molecule has 1 aliphatic heterocycles. The summed E-state index contributed by atoms with van der Waals surface area (Å²) in [6, 6.07) is 5.12. The number of nitro groups is 1. The van der Waals surface area contributed by atoms with E-state index in [1.54, 1.807) is 0 Å². The number of carboxylic acid groups (broad SMARTS) is 1. The zero-order chi connectivity index (χ0) is 19.1. The summed E-state index contributed by atoms with van der Waals surface area (Å²) in [5, 5.41) is 20.0. The van der Waals surface area contributed by atoms with Crippen LogP contribution in [0.2, 0.25) is 0 Å². The molecule has 0 bridgehead atoms. The first-order valence-electron chi connectivity index (χ1n) is 7.98. The van der Waals surface area contributed by atoms with Crippen molar-refractivity contribution in [2.75, 3.05) is 26.2 Å². The molecule has 1 saturated carbocycles. The van der Waals surface area contributed by atoms with Crippen molar-refractivity contribution in [3.63, 3.8) is 0 Å². The number of nitrogens with zero attached hydrogens (tertiary/aromatic N) is 3. The monoisotopic (exact) mass is 383 g/mol. The van der Waals surface area contributed by atoms with Crippen molar-refractivity contribution in [1.29, 1.82) is 0 Å². The van der Waals surface area contributed by atoms with E-state index in [9.17, 15) is 28.1 Å². The molecule has 1 aliphatic carbocycles. The molecule has 3 rings (SSSR count). The molecule has 2 fully saturated rings. The van der Waals surface area contributed by atoms with Gasteiger partial charge >= 0.3 is 5.97 Å². The molecule has 0 aromatic heterocycles. The van der Waals surface area contributed by atoms with Crippen molar-refractivity contribution in [1.82, 2.24) is 9.21 Å². The fraction of sp³-hybridized carbons (Fsp3) is 0.467. The third kappa shape index (κ3) is 3.27. The Morgan fingerprint density at radius 3 is 2.27 bits per heavy atom. The average Bonchev–Trinajstić information content (AvgIpc) is 3.42. The summed E-state index contributed by atoms with van der Waals surface area (Å²) >= 11 is 0. The lowest BCUT2D eigenvalue weighted by atomic mass is 10.2. The van der Waals surface area contributed by atoms with Crippen LogP contribution in [-0.4, -0.2) is 65.7 Å². The van der Waals surface area contributed by atoms with E-state index < -0.39 is 38.4 Å². The lowest BCUT2D eigenvalue weighted by Crippen LogP contribution is -2.51. The van der Waals surface area contributed by atoms with Gasteiger partial charge in [-0.1, -0.05) is 12.1 Å². The van der Waals surface area contributed by atoms with Crippen LogP contribution in [0.3, 0.4) is 0 Å². The van der Waals surface area contributed by atoms with Gasteiger partial charge in [-0.15, -0.1) is 0 Å². The number of carboxylic acids is 1. The molecule has 0 radical (unpaired) electrons. The highest BCUT2D eigenvalue weighted by Crippen LogP contribution is 2.40. The first-order chi connectivity index (χ1) is 12.2. The van der Waals surface area contributed by atoms with Gasteiger partial charge in [0, 0.05) is 32.2 Å². The first-order valence-corrected chi connectivity index (χ1v) is 9.42. The summed E-state index contributed by atoms with van der Waals surface area (Å²) in [6.07, 6.45) is 0.308. The van der Waals surface area contributed by atoms with Crippen LogP contribution in [0, 0.1) is 22.0 Å². The highest BCUT2D eigenvalue weighted by molar-refractivity contribution is 7.89. The van der Waals surface area contributed by atoms with Gasteiger partial charge in [0.1, 0.15) is 0 Å². The topological polar surface area (TPSA) is 138 Å². The Balaban J connectivity index is 1.69. The van der Waals surface area contributed by atoms with Gasteiger partial charge in [-0.2, -0.15) is 4.31 Å². The largest absolute Gasteiger partial charge is 0.481 e. The van der Waals surface area contributed by atoms with Crippen LogP contribution in [-0.2, 0) is 19.6 Å². The molecule has 1 saturated heterocycles. The van der Waals surface area contributed by atoms with E-state index >= 15 is 0 Å². The number of hydrogen-bond donors (Lipinski definition) is 1. The van der Waals surface area contributed by atoms with Crippen LogP contribution < -0.4 is 0 Å². The number of piperazine rings is 1. The molecule has 1 heterocycles. The lowest BCUT2D eigenvalue weighted by molar-refractivity contribution is -0.387. The van der Waals surface area contributed by atoms with Crippen LogP contribution in [0.1, 0.15) is 6.42 Å². The molecular formula is C15H17N3O7S. The second kappa shape index (κ2) is 6.65. The molecule has 2 atom stereocenters. The zero-order valence-electron chi connectivity index (χ0n) is 13.6. The predicted octanol–water partition coefficient (Wildman–Crippen LogP) is 0.148. The molecule has 2 aliphatic rings. The van der Waals surface area contributed by atoms with Crippen molar-refractivity contribution >= 4 is 27.6 Å². The minimum atomic E-state index is -4.06. The summed E-state index contributed by atoms with van der Waals surface area (Å²) in [5.41, 5.74) is -0.492. The van der Waals surface area contributed by atoms with Gasteiger partial charge in [-0.05, 0) is 12.5 Å². The summed E-state index contributed by atoms with van der Waals surface area (Å²) in [4.78, 5) is 34.5. The van der Waals surface area contributed by atoms with Crippen LogP contribution in [0.4, 0.5) is 5.69 Å². The molecule has 1 aromatic carbocycles. The van der Waals surface area contributed by atoms with E-state index in [1.807, 2.05) is 0 Å². The molecule has 140 valence electrons. The normalized spacial score (nSPS) is 23.5. The highest BCUT2D eigenvalue weighted by atomic mass is 32.2. The lowest BCUT2D eigenvalue weighted by Gasteiger charge is -2.34. The Kier molecular flexibility index (Phi) is 4.67. The Labute approximate surface area is 149 Å². The Bertz CT molecular complexity index is 862. The maximum atomic E-state index is 12.7. The van der Waals surface area contributed by atoms with Crippen molar-refractivity contribution in [3.05, 3.63) is 34.4 Å². The molecule has 26 heavy (non-hydrogen) atoms. The third-order valence-corrected chi connectivity index (χ3v) is 6.60. The van der Waals surface area contributed by atoms with Crippen LogP contribution in [0.15, 0.2) is 29.2 Å². The first kappa shape index (κ1) is 18.3. The quantitative estimate of drug-likeness (QED) is 0.564. The zero-order valence-corrected chi connectivity index (χ0v) is 14.5. The van der Waals surface area contributed by atoms with Crippen molar-refractivity contribution < 1.29 is 28.0 Å². The Hall–Kier alpha value is -2.53. The molecule has 11 heteroatoms. The van der Waals surface area contributed by atoms with E-state index in [4.69, 9.17) is 5.11 Å². The summed E-state index contributed by atoms with van der Waals surface area (Å²) in [5.74, 6) is -2.47. The number of aliphatic carboxylic acids is 1. The summed E-state index contributed by atoms with van der Waals surface area (Å²) in [6.45, 7) is 0.262. The number of amides is 1. The van der Waals surface area contributed by atoms with Gasteiger partial charge in [0.2, 0.25) is 15.9 Å². The fourth-order valence-corrected chi connectivity index (χ4v) is 4.67. The number of carbonyl (C=O) groups is 2. The van der Waals surface area contributed by atoms with Crippen molar-refractivity contribution in [3.8, 4) is 0 Å². The van der Waals surface area contributed by atoms with Gasteiger partial charge in [0.15, 0.2) is 4.90 Å². The van der Waals surface area contributed by atoms with Crippen LogP contribution in [0.5, 0.6) is 0 Å². The van der Waals surface area contributed by atoms with Crippen LogP contribution >= 0.6 is 0 Å². The number of para-hydroxylation sites is 1. The number of nitro benzene ring substituents is 1. The van der Waals surface area contributed by atoms with E-state index in [1.165, 1.54) is 23.1 Å². The molecule has 1 amide bonds. The number of rotatable bonds is 5. The van der Waals surface area contributed by atoms with Crippen molar-refractivity contribution in [2.24, 2.45) is 11.8 Å². The third-order valence-electron chi connectivity index (χ3n) is 4.65. The van der Waals surface area contributed by atoms with Gasteiger partial charge in [-0.25, -0.2) is 8.42 Å². The predicted molar refractivity (Wildman–Crippen MR) is 87.7 cm³/mol. The SMILES string of the molecule is O=C(O)C1CC1C(=O)N1CCN(S(=O)(=O)c2ccccc2[N+](=O)[O-])CC1. The van der Waals surface area contributed by atoms with Gasteiger partial charge in [0.25, 0.3) is 5.69 Å². The van der Waals surface area contributed by atoms with Gasteiger partial charge in [0.05, 0.1) is 16.8 Å². The van der Waals surface area contributed by atoms with Gasteiger partial charge < -0.3 is 10.0 Å². The molecule has 0 spiro atoms. The van der Waals surface area contributed by atoms with Gasteiger partial charge in [-0.3, -0.25) is 19.7 Å². The number of sulfonamides is 1. The molecule has 1 N–H and O–H groups in total. The highest BCUT2D eigenvalue weighted by Gasteiger charge is 2.50. The maximum Gasteiger partial charge on any atom is 0.307 e. The average molecular weight is 383 g/mol. The maximum absolute atomic E-state index is 12.7.